The monoisotopic (exact) mass is 315 g/mol. The second kappa shape index (κ2) is 5.95. The number of nitrogens with one attached hydrogen (secondary N) is 1. The molecule has 4 saturated carbocycles. The summed E-state index contributed by atoms with van der Waals surface area (Å²) in [6.07, 6.45) is 13.8. The third kappa shape index (κ3) is 3.31. The van der Waals surface area contributed by atoms with E-state index >= 15 is 0 Å². The van der Waals surface area contributed by atoms with Gasteiger partial charge in [-0.3, -0.25) is 9.48 Å². The summed E-state index contributed by atoms with van der Waals surface area (Å²) in [5.74, 6) is 3.05. The van der Waals surface area contributed by atoms with Gasteiger partial charge in [-0.25, -0.2) is 0 Å². The van der Waals surface area contributed by atoms with E-state index in [-0.39, 0.29) is 11.9 Å². The van der Waals surface area contributed by atoms with E-state index in [2.05, 4.69) is 17.3 Å². The summed E-state index contributed by atoms with van der Waals surface area (Å²) in [7, 11) is 0. The van der Waals surface area contributed by atoms with Crippen molar-refractivity contribution in [1.29, 1.82) is 0 Å². The second-order valence-corrected chi connectivity index (χ2v) is 8.62. The first kappa shape index (κ1) is 15.2. The van der Waals surface area contributed by atoms with Crippen LogP contribution in [-0.2, 0) is 11.3 Å². The van der Waals surface area contributed by atoms with Gasteiger partial charge >= 0.3 is 0 Å². The number of hydrogen-bond donors (Lipinski definition) is 1. The Morgan fingerprint density at radius 1 is 1.26 bits per heavy atom. The fourth-order valence-electron chi connectivity index (χ4n) is 6.00. The number of carbonyl (C=O) groups excluding carboxylic acids is 1. The predicted molar refractivity (Wildman–Crippen MR) is 89.7 cm³/mol. The van der Waals surface area contributed by atoms with Crippen molar-refractivity contribution >= 4 is 5.91 Å². The SMILES string of the molecule is C[C@@H](CCn1cccn1)NC(=O)CC12CC3CC(CC(C3)C1)C2. The maximum atomic E-state index is 12.6. The Labute approximate surface area is 139 Å². The Morgan fingerprint density at radius 3 is 2.48 bits per heavy atom. The lowest BCUT2D eigenvalue weighted by atomic mass is 9.49. The zero-order valence-electron chi connectivity index (χ0n) is 14.2. The van der Waals surface area contributed by atoms with Crippen molar-refractivity contribution < 1.29 is 4.79 Å². The molecule has 4 fully saturated rings. The van der Waals surface area contributed by atoms with E-state index in [4.69, 9.17) is 0 Å². The first-order valence-corrected chi connectivity index (χ1v) is 9.37. The van der Waals surface area contributed by atoms with Crippen LogP contribution >= 0.6 is 0 Å². The molecule has 4 aliphatic rings. The van der Waals surface area contributed by atoms with Gasteiger partial charge in [0.25, 0.3) is 0 Å². The van der Waals surface area contributed by atoms with Crippen molar-refractivity contribution in [1.82, 2.24) is 15.1 Å². The maximum Gasteiger partial charge on any atom is 0.220 e. The molecule has 126 valence electrons. The van der Waals surface area contributed by atoms with E-state index < -0.39 is 0 Å². The molecule has 4 bridgehead atoms. The molecular weight excluding hydrogens is 286 g/mol. The van der Waals surface area contributed by atoms with Gasteiger partial charge < -0.3 is 5.32 Å². The van der Waals surface area contributed by atoms with E-state index in [0.29, 0.717) is 5.41 Å². The normalized spacial score (nSPS) is 36.1. The van der Waals surface area contributed by atoms with Crippen molar-refractivity contribution in [2.24, 2.45) is 23.2 Å². The zero-order chi connectivity index (χ0) is 15.9. The number of amides is 1. The molecule has 1 N–H and O–H groups in total. The Kier molecular flexibility index (Phi) is 3.94. The van der Waals surface area contributed by atoms with E-state index in [0.717, 1.165) is 37.1 Å². The fraction of sp³-hybridized carbons (Fsp3) is 0.789. The second-order valence-electron chi connectivity index (χ2n) is 8.62. The summed E-state index contributed by atoms with van der Waals surface area (Å²) in [6.45, 7) is 2.98. The standard InChI is InChI=1S/C19H29N3O/c1-14(3-6-22-5-2-4-20-22)21-18(23)13-19-10-15-7-16(11-19)9-17(8-15)12-19/h2,4-5,14-17H,3,6-13H2,1H3,(H,21,23)/t14-,15?,16?,17?,19?/m0/s1. The van der Waals surface area contributed by atoms with Crippen LogP contribution in [0.1, 0.15) is 58.3 Å². The molecule has 0 unspecified atom stereocenters. The number of hydrogen-bond acceptors (Lipinski definition) is 2. The summed E-state index contributed by atoms with van der Waals surface area (Å²) in [5, 5.41) is 7.46. The number of carbonyl (C=O) groups is 1. The summed E-state index contributed by atoms with van der Waals surface area (Å²) in [5.41, 5.74) is 0.348. The molecule has 1 atom stereocenters. The molecule has 4 nitrogen and oxygen atoms in total. The quantitative estimate of drug-likeness (QED) is 0.875. The van der Waals surface area contributed by atoms with Crippen LogP contribution in [0.15, 0.2) is 18.5 Å². The van der Waals surface area contributed by atoms with Gasteiger partial charge in [-0.05, 0) is 81.1 Å². The average Bonchev–Trinajstić information content (AvgIpc) is 2.96. The van der Waals surface area contributed by atoms with Gasteiger partial charge in [0.1, 0.15) is 0 Å². The van der Waals surface area contributed by atoms with Crippen LogP contribution in [0.4, 0.5) is 0 Å². The molecule has 1 aromatic heterocycles. The number of rotatable bonds is 6. The van der Waals surface area contributed by atoms with Gasteiger partial charge in [0.2, 0.25) is 5.91 Å². The molecule has 4 heteroatoms. The summed E-state index contributed by atoms with van der Waals surface area (Å²) in [6, 6.07) is 2.16. The Morgan fingerprint density at radius 2 is 1.91 bits per heavy atom. The highest BCUT2D eigenvalue weighted by molar-refractivity contribution is 5.77. The number of aryl methyl sites for hydroxylation is 1. The summed E-state index contributed by atoms with van der Waals surface area (Å²) >= 11 is 0. The van der Waals surface area contributed by atoms with Crippen LogP contribution in [0, 0.1) is 23.2 Å². The third-order valence-corrected chi connectivity index (χ3v) is 6.46. The fourth-order valence-corrected chi connectivity index (χ4v) is 6.00. The van der Waals surface area contributed by atoms with Gasteiger partial charge in [0.05, 0.1) is 0 Å². The van der Waals surface area contributed by atoms with E-state index in [9.17, 15) is 4.79 Å². The van der Waals surface area contributed by atoms with Gasteiger partial charge in [-0.2, -0.15) is 5.10 Å². The van der Waals surface area contributed by atoms with Gasteiger partial charge in [-0.15, -0.1) is 0 Å². The third-order valence-electron chi connectivity index (χ3n) is 6.46. The van der Waals surface area contributed by atoms with Gasteiger partial charge in [0.15, 0.2) is 0 Å². The van der Waals surface area contributed by atoms with Crippen LogP contribution < -0.4 is 5.32 Å². The minimum absolute atomic E-state index is 0.223. The highest BCUT2D eigenvalue weighted by Gasteiger charge is 2.51. The largest absolute Gasteiger partial charge is 0.354 e. The lowest BCUT2D eigenvalue weighted by molar-refractivity contribution is -0.130. The number of nitrogens with zero attached hydrogens (tertiary/aromatic N) is 2. The van der Waals surface area contributed by atoms with E-state index in [1.165, 1.54) is 38.5 Å². The minimum Gasteiger partial charge on any atom is -0.354 e. The molecule has 0 saturated heterocycles. The molecule has 0 spiro atoms. The topological polar surface area (TPSA) is 46.9 Å². The predicted octanol–water partition coefficient (Wildman–Crippen LogP) is 3.38. The van der Waals surface area contributed by atoms with E-state index in [1.54, 1.807) is 6.20 Å². The van der Waals surface area contributed by atoms with Crippen LogP contribution in [0.25, 0.3) is 0 Å². The van der Waals surface area contributed by atoms with Crippen molar-refractivity contribution in [2.45, 2.75) is 70.9 Å². The molecule has 1 aromatic rings. The highest BCUT2D eigenvalue weighted by atomic mass is 16.1. The summed E-state index contributed by atoms with van der Waals surface area (Å²) in [4.78, 5) is 12.6. The van der Waals surface area contributed by atoms with Gasteiger partial charge in [0, 0.05) is 31.4 Å². The van der Waals surface area contributed by atoms with Crippen molar-refractivity contribution in [3.05, 3.63) is 18.5 Å². The molecule has 0 radical (unpaired) electrons. The van der Waals surface area contributed by atoms with Crippen molar-refractivity contribution in [3.63, 3.8) is 0 Å². The van der Waals surface area contributed by atoms with Gasteiger partial charge in [-0.1, -0.05) is 0 Å². The van der Waals surface area contributed by atoms with Crippen molar-refractivity contribution in [2.75, 3.05) is 0 Å². The number of aromatic nitrogens is 2. The first-order valence-electron chi connectivity index (χ1n) is 9.37. The van der Waals surface area contributed by atoms with Crippen LogP contribution in [0.3, 0.4) is 0 Å². The maximum absolute atomic E-state index is 12.6. The molecule has 23 heavy (non-hydrogen) atoms. The first-order chi connectivity index (χ1) is 11.1. The molecule has 5 rings (SSSR count). The zero-order valence-corrected chi connectivity index (χ0v) is 14.2. The Balaban J connectivity index is 1.28. The molecule has 4 aliphatic carbocycles. The van der Waals surface area contributed by atoms with E-state index in [1.807, 2.05) is 16.9 Å². The smallest absolute Gasteiger partial charge is 0.220 e. The lowest BCUT2D eigenvalue weighted by Gasteiger charge is -2.56. The average molecular weight is 315 g/mol. The van der Waals surface area contributed by atoms with Crippen LogP contribution in [0.2, 0.25) is 0 Å². The molecule has 1 amide bonds. The summed E-state index contributed by atoms with van der Waals surface area (Å²) < 4.78 is 1.93. The Bertz CT molecular complexity index is 516. The Hall–Kier alpha value is -1.32. The van der Waals surface area contributed by atoms with Crippen LogP contribution in [-0.4, -0.2) is 21.7 Å². The molecule has 1 heterocycles. The molecule has 0 aliphatic heterocycles. The van der Waals surface area contributed by atoms with Crippen LogP contribution in [0.5, 0.6) is 0 Å². The lowest BCUT2D eigenvalue weighted by Crippen LogP contribution is -2.48. The van der Waals surface area contributed by atoms with Crippen molar-refractivity contribution in [3.8, 4) is 0 Å². The molecule has 0 aromatic carbocycles. The molecular formula is C19H29N3O. The minimum atomic E-state index is 0.223. The highest BCUT2D eigenvalue weighted by Crippen LogP contribution is 2.61.